The molecule has 0 radical (unpaired) electrons. The number of rotatable bonds is 9. The number of nitrogens with zero attached hydrogens (tertiary/aromatic N) is 4. The van der Waals surface area contributed by atoms with Gasteiger partial charge in [-0.15, -0.1) is 0 Å². The lowest BCUT2D eigenvalue weighted by Crippen LogP contribution is -2.20. The summed E-state index contributed by atoms with van der Waals surface area (Å²) in [6.45, 7) is 1.44. The van der Waals surface area contributed by atoms with Crippen molar-refractivity contribution in [3.05, 3.63) is 12.7 Å². The SMILES string of the molecule is CC1OC(n2cnc3c(N)ncnc32)CC1OP(=O)(O)OP(=O)(O)OP(=O)(O)OP(=O)(O)O. The van der Waals surface area contributed by atoms with Crippen LogP contribution in [-0.2, 0) is 40.5 Å². The van der Waals surface area contributed by atoms with Crippen molar-refractivity contribution >= 4 is 48.3 Å². The Labute approximate surface area is 183 Å². The topological polar surface area (TPSA) is 285 Å². The number of phosphoric ester groups is 1. The van der Waals surface area contributed by atoms with Crippen molar-refractivity contribution in [2.24, 2.45) is 0 Å². The second-order valence-electron chi connectivity index (χ2n) is 6.40. The van der Waals surface area contributed by atoms with Crippen LogP contribution in [-0.4, -0.2) is 56.2 Å². The summed E-state index contributed by atoms with van der Waals surface area (Å²) in [5, 5.41) is 0. The van der Waals surface area contributed by atoms with Crippen LogP contribution >= 0.6 is 31.3 Å². The highest BCUT2D eigenvalue weighted by Gasteiger charge is 2.47. The highest BCUT2D eigenvalue weighted by atomic mass is 31.3. The van der Waals surface area contributed by atoms with E-state index in [1.54, 1.807) is 0 Å². The van der Waals surface area contributed by atoms with Gasteiger partial charge in [-0.1, -0.05) is 0 Å². The molecule has 0 spiro atoms. The quantitative estimate of drug-likeness (QED) is 0.230. The highest BCUT2D eigenvalue weighted by Crippen LogP contribution is 2.71. The molecule has 0 saturated carbocycles. The van der Waals surface area contributed by atoms with Gasteiger partial charge in [0.15, 0.2) is 11.5 Å². The predicted molar refractivity (Wildman–Crippen MR) is 104 cm³/mol. The zero-order chi connectivity index (χ0) is 24.8. The minimum absolute atomic E-state index is 0.105. The summed E-state index contributed by atoms with van der Waals surface area (Å²) in [6, 6.07) is 0. The van der Waals surface area contributed by atoms with Crippen LogP contribution in [0.15, 0.2) is 12.7 Å². The van der Waals surface area contributed by atoms with Gasteiger partial charge in [0.05, 0.1) is 18.5 Å². The van der Waals surface area contributed by atoms with Crippen molar-refractivity contribution in [2.45, 2.75) is 31.8 Å². The van der Waals surface area contributed by atoms with E-state index in [0.29, 0.717) is 5.65 Å². The van der Waals surface area contributed by atoms with Crippen molar-refractivity contribution in [3.8, 4) is 0 Å². The highest BCUT2D eigenvalue weighted by molar-refractivity contribution is 7.69. The summed E-state index contributed by atoms with van der Waals surface area (Å²) in [6.07, 6.45) is -0.504. The Morgan fingerprint density at radius 2 is 1.61 bits per heavy atom. The first-order chi connectivity index (χ1) is 15.0. The summed E-state index contributed by atoms with van der Waals surface area (Å²) < 4.78 is 68.6. The van der Waals surface area contributed by atoms with Crippen LogP contribution in [0.5, 0.6) is 0 Å². The van der Waals surface area contributed by atoms with E-state index in [2.05, 4.69) is 27.9 Å². The molecule has 2 aromatic rings. The molecule has 19 nitrogen and oxygen atoms in total. The van der Waals surface area contributed by atoms with E-state index in [4.69, 9.17) is 29.7 Å². The zero-order valence-corrected chi connectivity index (χ0v) is 19.7. The molecule has 3 rings (SSSR count). The molecule has 1 aliphatic heterocycles. The van der Waals surface area contributed by atoms with Gasteiger partial charge in [0, 0.05) is 6.42 Å². The van der Waals surface area contributed by atoms with Crippen LogP contribution in [0.4, 0.5) is 5.82 Å². The van der Waals surface area contributed by atoms with Crippen molar-refractivity contribution < 1.29 is 64.9 Å². The summed E-state index contributed by atoms with van der Waals surface area (Å²) in [5.74, 6) is 0.105. The predicted octanol–water partition coefficient (Wildman–Crippen LogP) is 0.545. The molecule has 3 heterocycles. The Kier molecular flexibility index (Phi) is 7.34. The van der Waals surface area contributed by atoms with Crippen molar-refractivity contribution in [1.82, 2.24) is 19.5 Å². The fourth-order valence-corrected chi connectivity index (χ4v) is 7.48. The Hall–Kier alpha value is -1.13. The maximum atomic E-state index is 12.2. The van der Waals surface area contributed by atoms with Gasteiger partial charge in [-0.05, 0) is 6.92 Å². The van der Waals surface area contributed by atoms with Gasteiger partial charge in [-0.2, -0.15) is 12.9 Å². The van der Waals surface area contributed by atoms with E-state index in [1.807, 2.05) is 0 Å². The van der Waals surface area contributed by atoms with E-state index in [9.17, 15) is 28.0 Å². The fourth-order valence-electron chi connectivity index (χ4n) is 2.79. The van der Waals surface area contributed by atoms with Crippen LogP contribution in [0.1, 0.15) is 19.6 Å². The molecule has 1 fully saturated rings. The third-order valence-electron chi connectivity index (χ3n) is 3.92. The zero-order valence-electron chi connectivity index (χ0n) is 16.2. The fraction of sp³-hybridized carbons (Fsp3) is 0.500. The minimum Gasteiger partial charge on any atom is -0.382 e. The van der Waals surface area contributed by atoms with Crippen molar-refractivity contribution in [3.63, 3.8) is 0 Å². The first kappa shape index (κ1) is 26.5. The first-order valence-electron chi connectivity index (χ1n) is 8.42. The Balaban J connectivity index is 1.68. The number of imidazole rings is 1. The first-order valence-corrected chi connectivity index (χ1v) is 14.4. The molecule has 33 heavy (non-hydrogen) atoms. The molecule has 1 saturated heterocycles. The standard InChI is InChI=1S/C10H17N5O14P4/c1-5-6(2-7(25-5)15-4-14-8-9(11)12-3-13-10(8)15)26-31(19,20)28-33(23,24)29-32(21,22)27-30(16,17)18/h3-7H,2H2,1H3,(H,19,20)(H,21,22)(H,23,24)(H2,11,12,13)(H2,16,17,18). The van der Waals surface area contributed by atoms with Crippen LogP contribution < -0.4 is 5.73 Å². The second kappa shape index (κ2) is 9.15. The van der Waals surface area contributed by atoms with Gasteiger partial charge >= 0.3 is 31.3 Å². The Bertz CT molecular complexity index is 1230. The van der Waals surface area contributed by atoms with E-state index in [-0.39, 0.29) is 17.8 Å². The number of fused-ring (bicyclic) bond motifs is 1. The number of nitrogen functional groups attached to an aromatic ring is 1. The van der Waals surface area contributed by atoms with E-state index >= 15 is 0 Å². The van der Waals surface area contributed by atoms with Crippen molar-refractivity contribution in [2.75, 3.05) is 5.73 Å². The molecule has 7 N–H and O–H groups in total. The molecule has 6 atom stereocenters. The number of ether oxygens (including phenoxy) is 1. The average Bonchev–Trinajstić information content (AvgIpc) is 3.14. The Morgan fingerprint density at radius 1 is 1.00 bits per heavy atom. The van der Waals surface area contributed by atoms with Crippen LogP contribution in [0.3, 0.4) is 0 Å². The van der Waals surface area contributed by atoms with Gasteiger partial charge in [-0.25, -0.2) is 33.2 Å². The van der Waals surface area contributed by atoms with Crippen LogP contribution in [0, 0.1) is 0 Å². The molecule has 0 amide bonds. The number of anilines is 1. The molecular weight excluding hydrogens is 538 g/mol. The maximum Gasteiger partial charge on any atom is 0.490 e. The summed E-state index contributed by atoms with van der Waals surface area (Å²) >= 11 is 0. The van der Waals surface area contributed by atoms with Gasteiger partial charge < -0.3 is 34.9 Å². The monoisotopic (exact) mass is 555 g/mol. The molecule has 6 unspecified atom stereocenters. The molecule has 186 valence electrons. The molecule has 2 aromatic heterocycles. The van der Waals surface area contributed by atoms with Crippen LogP contribution in [0.2, 0.25) is 0 Å². The second-order valence-corrected chi connectivity index (χ2v) is 12.4. The normalized spacial score (nSPS) is 27.2. The molecule has 0 aromatic carbocycles. The minimum atomic E-state index is -5.91. The van der Waals surface area contributed by atoms with Gasteiger partial charge in [0.25, 0.3) is 0 Å². The number of aromatic nitrogens is 4. The Morgan fingerprint density at radius 3 is 2.24 bits per heavy atom. The summed E-state index contributed by atoms with van der Waals surface area (Å²) in [7, 11) is -22.9. The largest absolute Gasteiger partial charge is 0.490 e. The number of hydrogen-bond donors (Lipinski definition) is 6. The summed E-state index contributed by atoms with van der Waals surface area (Å²) in [4.78, 5) is 57.2. The van der Waals surface area contributed by atoms with Crippen molar-refractivity contribution in [1.29, 1.82) is 0 Å². The third-order valence-corrected chi connectivity index (χ3v) is 9.43. The van der Waals surface area contributed by atoms with Gasteiger partial charge in [0.2, 0.25) is 0 Å². The lowest BCUT2D eigenvalue weighted by Gasteiger charge is -2.21. The van der Waals surface area contributed by atoms with E-state index < -0.39 is 49.7 Å². The van der Waals surface area contributed by atoms with Crippen LogP contribution in [0.25, 0.3) is 11.2 Å². The van der Waals surface area contributed by atoms with Gasteiger partial charge in [-0.3, -0.25) is 9.09 Å². The van der Waals surface area contributed by atoms with Gasteiger partial charge in [0.1, 0.15) is 18.1 Å². The smallest absolute Gasteiger partial charge is 0.382 e. The van der Waals surface area contributed by atoms with E-state index in [1.165, 1.54) is 24.1 Å². The molecule has 0 aliphatic carbocycles. The molecule has 23 heteroatoms. The number of hydrogen-bond acceptors (Lipinski definition) is 13. The number of phosphoric acid groups is 4. The lowest BCUT2D eigenvalue weighted by atomic mass is 10.2. The molecular formula is C10H17N5O14P4. The average molecular weight is 555 g/mol. The molecule has 1 aliphatic rings. The lowest BCUT2D eigenvalue weighted by molar-refractivity contribution is -0.00651. The third kappa shape index (κ3) is 6.94. The summed E-state index contributed by atoms with van der Waals surface area (Å²) in [5.41, 5.74) is 6.28. The molecule has 0 bridgehead atoms. The maximum absolute atomic E-state index is 12.2. The van der Waals surface area contributed by atoms with E-state index in [0.717, 1.165) is 0 Å². The number of nitrogens with two attached hydrogens (primary N) is 1.